The SMILES string of the molecule is c1ncc(CNCC2(N3CCCCC3)CCCCC2)cn1. The lowest BCUT2D eigenvalue weighted by atomic mass is 9.79. The van der Waals surface area contributed by atoms with Gasteiger partial charge in [0.1, 0.15) is 6.33 Å². The third-order valence-electron chi connectivity index (χ3n) is 5.21. The number of likely N-dealkylation sites (tertiary alicyclic amines) is 1. The maximum absolute atomic E-state index is 4.10. The highest BCUT2D eigenvalue weighted by atomic mass is 15.2. The zero-order valence-electron chi connectivity index (χ0n) is 13.1. The molecule has 21 heavy (non-hydrogen) atoms. The second-order valence-corrected chi connectivity index (χ2v) is 6.68. The second kappa shape index (κ2) is 7.32. The molecule has 0 spiro atoms. The summed E-state index contributed by atoms with van der Waals surface area (Å²) in [7, 11) is 0. The lowest BCUT2D eigenvalue weighted by molar-refractivity contribution is 0.0333. The molecule has 0 bridgehead atoms. The molecule has 2 aliphatic rings. The minimum atomic E-state index is 0.411. The standard InChI is InChI=1S/C17H28N4/c1-3-7-17(8-4-1,21-9-5-2-6-10-21)14-18-11-16-12-19-15-20-13-16/h12-13,15,18H,1-11,14H2. The van der Waals surface area contributed by atoms with Crippen molar-refractivity contribution in [3.8, 4) is 0 Å². The third-order valence-corrected chi connectivity index (χ3v) is 5.21. The first-order valence-corrected chi connectivity index (χ1v) is 8.59. The summed E-state index contributed by atoms with van der Waals surface area (Å²) in [5.74, 6) is 0. The van der Waals surface area contributed by atoms with Crippen molar-refractivity contribution in [1.82, 2.24) is 20.2 Å². The molecule has 116 valence electrons. The lowest BCUT2D eigenvalue weighted by Gasteiger charge is -2.48. The number of hydrogen-bond donors (Lipinski definition) is 1. The third kappa shape index (κ3) is 3.80. The number of nitrogens with one attached hydrogen (secondary N) is 1. The van der Waals surface area contributed by atoms with Crippen LogP contribution in [0.5, 0.6) is 0 Å². The van der Waals surface area contributed by atoms with Gasteiger partial charge in [0.15, 0.2) is 0 Å². The first kappa shape index (κ1) is 14.9. The van der Waals surface area contributed by atoms with E-state index in [0.29, 0.717) is 5.54 Å². The lowest BCUT2D eigenvalue weighted by Crippen LogP contribution is -2.57. The van der Waals surface area contributed by atoms with Crippen molar-refractivity contribution in [1.29, 1.82) is 0 Å². The van der Waals surface area contributed by atoms with Gasteiger partial charge in [-0.05, 0) is 38.8 Å². The van der Waals surface area contributed by atoms with E-state index in [1.165, 1.54) is 70.0 Å². The summed E-state index contributed by atoms with van der Waals surface area (Å²) in [6.07, 6.45) is 16.5. The van der Waals surface area contributed by atoms with Gasteiger partial charge in [0.2, 0.25) is 0 Å². The van der Waals surface area contributed by atoms with E-state index in [1.807, 2.05) is 12.4 Å². The predicted molar refractivity (Wildman–Crippen MR) is 85.0 cm³/mol. The molecule has 0 radical (unpaired) electrons. The fourth-order valence-electron chi connectivity index (χ4n) is 4.04. The van der Waals surface area contributed by atoms with Crippen molar-refractivity contribution in [3.63, 3.8) is 0 Å². The van der Waals surface area contributed by atoms with Crippen LogP contribution >= 0.6 is 0 Å². The zero-order valence-corrected chi connectivity index (χ0v) is 13.1. The summed E-state index contributed by atoms with van der Waals surface area (Å²) >= 11 is 0. The van der Waals surface area contributed by atoms with Gasteiger partial charge in [-0.1, -0.05) is 25.7 Å². The van der Waals surface area contributed by atoms with Crippen LogP contribution in [0.4, 0.5) is 0 Å². The van der Waals surface area contributed by atoms with Gasteiger partial charge in [-0.25, -0.2) is 9.97 Å². The fraction of sp³-hybridized carbons (Fsp3) is 0.765. The van der Waals surface area contributed by atoms with Crippen LogP contribution in [0.15, 0.2) is 18.7 Å². The number of nitrogens with zero attached hydrogens (tertiary/aromatic N) is 3. The van der Waals surface area contributed by atoms with E-state index in [1.54, 1.807) is 6.33 Å². The predicted octanol–water partition coefficient (Wildman–Crippen LogP) is 2.76. The van der Waals surface area contributed by atoms with Crippen LogP contribution in [-0.4, -0.2) is 40.0 Å². The smallest absolute Gasteiger partial charge is 0.115 e. The molecular weight excluding hydrogens is 260 g/mol. The molecule has 3 rings (SSSR count). The van der Waals surface area contributed by atoms with Gasteiger partial charge >= 0.3 is 0 Å². The van der Waals surface area contributed by atoms with Crippen LogP contribution in [0.3, 0.4) is 0 Å². The summed E-state index contributed by atoms with van der Waals surface area (Å²) in [6.45, 7) is 4.60. The summed E-state index contributed by atoms with van der Waals surface area (Å²) in [5, 5.41) is 3.69. The molecular formula is C17H28N4. The maximum atomic E-state index is 4.10. The Hall–Kier alpha value is -1.00. The molecule has 1 N–H and O–H groups in total. The Morgan fingerprint density at radius 2 is 1.62 bits per heavy atom. The molecule has 0 aromatic carbocycles. The summed E-state index contributed by atoms with van der Waals surface area (Å²) < 4.78 is 0. The van der Waals surface area contributed by atoms with E-state index >= 15 is 0 Å². The molecule has 1 aromatic rings. The highest BCUT2D eigenvalue weighted by Crippen LogP contribution is 2.35. The van der Waals surface area contributed by atoms with Crippen molar-refractivity contribution in [2.45, 2.75) is 63.5 Å². The summed E-state index contributed by atoms with van der Waals surface area (Å²) in [6, 6.07) is 0. The summed E-state index contributed by atoms with van der Waals surface area (Å²) in [5.41, 5.74) is 1.59. The number of aromatic nitrogens is 2. The molecule has 1 saturated heterocycles. The summed E-state index contributed by atoms with van der Waals surface area (Å²) in [4.78, 5) is 11.0. The van der Waals surface area contributed by atoms with Gasteiger partial charge in [0.05, 0.1) is 0 Å². The molecule has 0 unspecified atom stereocenters. The van der Waals surface area contributed by atoms with Crippen LogP contribution in [0.1, 0.15) is 56.9 Å². The van der Waals surface area contributed by atoms with Gasteiger partial charge in [0.25, 0.3) is 0 Å². The van der Waals surface area contributed by atoms with Crippen molar-refractivity contribution >= 4 is 0 Å². The van der Waals surface area contributed by atoms with Crippen LogP contribution in [0.2, 0.25) is 0 Å². The quantitative estimate of drug-likeness (QED) is 0.904. The van der Waals surface area contributed by atoms with E-state index in [0.717, 1.165) is 13.1 Å². The van der Waals surface area contributed by atoms with Gasteiger partial charge in [-0.2, -0.15) is 0 Å². The first-order chi connectivity index (χ1) is 10.4. The maximum Gasteiger partial charge on any atom is 0.115 e. The molecule has 4 heteroatoms. The zero-order chi connectivity index (χ0) is 14.4. The fourth-order valence-corrected chi connectivity index (χ4v) is 4.04. The van der Waals surface area contributed by atoms with E-state index in [-0.39, 0.29) is 0 Å². The molecule has 1 aromatic heterocycles. The van der Waals surface area contributed by atoms with Gasteiger partial charge in [-0.15, -0.1) is 0 Å². The van der Waals surface area contributed by atoms with Gasteiger partial charge in [0, 0.05) is 36.6 Å². The van der Waals surface area contributed by atoms with Crippen molar-refractivity contribution in [2.24, 2.45) is 0 Å². The largest absolute Gasteiger partial charge is 0.311 e. The Labute approximate surface area is 128 Å². The number of piperidine rings is 1. The monoisotopic (exact) mass is 288 g/mol. The number of rotatable bonds is 5. The minimum Gasteiger partial charge on any atom is -0.311 e. The molecule has 2 heterocycles. The molecule has 0 amide bonds. The molecule has 1 saturated carbocycles. The van der Waals surface area contributed by atoms with E-state index < -0.39 is 0 Å². The van der Waals surface area contributed by atoms with Gasteiger partial charge < -0.3 is 5.32 Å². The minimum absolute atomic E-state index is 0.411. The molecule has 0 atom stereocenters. The molecule has 1 aliphatic carbocycles. The molecule has 4 nitrogen and oxygen atoms in total. The highest BCUT2D eigenvalue weighted by molar-refractivity contribution is 5.03. The van der Waals surface area contributed by atoms with E-state index in [9.17, 15) is 0 Å². The van der Waals surface area contributed by atoms with Crippen molar-refractivity contribution < 1.29 is 0 Å². The Bertz CT molecular complexity index is 408. The van der Waals surface area contributed by atoms with Crippen LogP contribution in [-0.2, 0) is 6.54 Å². The molecule has 1 aliphatic heterocycles. The van der Waals surface area contributed by atoms with Crippen LogP contribution in [0.25, 0.3) is 0 Å². The van der Waals surface area contributed by atoms with Crippen molar-refractivity contribution in [3.05, 3.63) is 24.3 Å². The van der Waals surface area contributed by atoms with Gasteiger partial charge in [-0.3, -0.25) is 4.90 Å². The average molecular weight is 288 g/mol. The highest BCUT2D eigenvalue weighted by Gasteiger charge is 2.37. The van der Waals surface area contributed by atoms with Crippen molar-refractivity contribution in [2.75, 3.05) is 19.6 Å². The first-order valence-electron chi connectivity index (χ1n) is 8.59. The topological polar surface area (TPSA) is 41.1 Å². The van der Waals surface area contributed by atoms with Crippen LogP contribution in [0, 0.1) is 0 Å². The van der Waals surface area contributed by atoms with E-state index in [4.69, 9.17) is 0 Å². The Morgan fingerprint density at radius 3 is 2.33 bits per heavy atom. The Kier molecular flexibility index (Phi) is 5.20. The normalized spacial score (nSPS) is 23.0. The second-order valence-electron chi connectivity index (χ2n) is 6.68. The average Bonchev–Trinajstić information content (AvgIpc) is 2.58. The number of hydrogen-bond acceptors (Lipinski definition) is 4. The van der Waals surface area contributed by atoms with E-state index in [2.05, 4.69) is 20.2 Å². The Balaban J connectivity index is 1.59. The Morgan fingerprint density at radius 1 is 0.952 bits per heavy atom. The molecule has 2 fully saturated rings. The van der Waals surface area contributed by atoms with Crippen LogP contribution < -0.4 is 5.32 Å².